The number of hydrogen-bond acceptors (Lipinski definition) is 3. The van der Waals surface area contributed by atoms with Crippen LogP contribution in [0.2, 0.25) is 0 Å². The third kappa shape index (κ3) is 1.65. The van der Waals surface area contributed by atoms with Crippen molar-refractivity contribution in [1.29, 1.82) is 0 Å². The van der Waals surface area contributed by atoms with Crippen LogP contribution < -0.4 is 11.5 Å². The average Bonchev–Trinajstić information content (AvgIpc) is 2.85. The van der Waals surface area contributed by atoms with Gasteiger partial charge in [0.2, 0.25) is 0 Å². The molecule has 0 radical (unpaired) electrons. The quantitative estimate of drug-likeness (QED) is 0.717. The van der Waals surface area contributed by atoms with E-state index in [0.717, 1.165) is 11.1 Å². The van der Waals surface area contributed by atoms with E-state index in [9.17, 15) is 0 Å². The second-order valence-corrected chi connectivity index (χ2v) is 3.83. The lowest BCUT2D eigenvalue weighted by Gasteiger charge is -2.13. The molecule has 3 nitrogen and oxygen atoms in total. The molecule has 0 spiro atoms. The molecule has 1 aromatic heterocycles. The lowest BCUT2D eigenvalue weighted by Crippen LogP contribution is -2.14. The topological polar surface area (TPSA) is 64.9 Å². The summed E-state index contributed by atoms with van der Waals surface area (Å²) in [6.07, 6.45) is 4.32. The van der Waals surface area contributed by atoms with Crippen molar-refractivity contribution in [1.82, 2.24) is 4.98 Å². The molecule has 1 aliphatic carbocycles. The smallest absolute Gasteiger partial charge is 0.123 e. The highest BCUT2D eigenvalue weighted by atomic mass is 14.8. The van der Waals surface area contributed by atoms with Crippen molar-refractivity contribution in [2.24, 2.45) is 11.7 Å². The highest BCUT2D eigenvalue weighted by Crippen LogP contribution is 2.40. The molecule has 1 fully saturated rings. The first kappa shape index (κ1) is 8.51. The van der Waals surface area contributed by atoms with Crippen LogP contribution in [0.1, 0.15) is 30.0 Å². The molecule has 0 unspecified atom stereocenters. The molecular formula is C10H15N3. The van der Waals surface area contributed by atoms with Gasteiger partial charge >= 0.3 is 0 Å². The number of pyridine rings is 1. The molecule has 1 saturated carbocycles. The number of aromatic nitrogens is 1. The number of aryl methyl sites for hydroxylation is 1. The maximum atomic E-state index is 6.07. The van der Waals surface area contributed by atoms with Gasteiger partial charge in [0.1, 0.15) is 5.82 Å². The molecule has 2 rings (SSSR count). The Morgan fingerprint density at radius 2 is 2.23 bits per heavy atom. The number of nitrogens with two attached hydrogens (primary N) is 2. The van der Waals surface area contributed by atoms with E-state index in [4.69, 9.17) is 11.5 Å². The van der Waals surface area contributed by atoms with Crippen molar-refractivity contribution >= 4 is 5.82 Å². The fourth-order valence-electron chi connectivity index (χ4n) is 1.65. The van der Waals surface area contributed by atoms with Gasteiger partial charge in [-0.1, -0.05) is 0 Å². The molecule has 70 valence electrons. The molecule has 1 atom stereocenters. The summed E-state index contributed by atoms with van der Waals surface area (Å²) in [7, 11) is 0. The maximum absolute atomic E-state index is 6.07. The highest BCUT2D eigenvalue weighted by molar-refractivity contribution is 5.38. The van der Waals surface area contributed by atoms with Crippen LogP contribution >= 0.6 is 0 Å². The summed E-state index contributed by atoms with van der Waals surface area (Å²) in [6, 6.07) is 2.05. The first-order valence-corrected chi connectivity index (χ1v) is 4.66. The van der Waals surface area contributed by atoms with Gasteiger partial charge in [-0.15, -0.1) is 0 Å². The van der Waals surface area contributed by atoms with Crippen molar-refractivity contribution in [3.8, 4) is 0 Å². The highest BCUT2D eigenvalue weighted by Gasteiger charge is 2.30. The van der Waals surface area contributed by atoms with Gasteiger partial charge in [-0.2, -0.15) is 0 Å². The lowest BCUT2D eigenvalue weighted by atomic mass is 10.0. The van der Waals surface area contributed by atoms with Gasteiger partial charge in [-0.05, 0) is 42.9 Å². The van der Waals surface area contributed by atoms with E-state index in [0.29, 0.717) is 11.7 Å². The number of hydrogen-bond donors (Lipinski definition) is 2. The Bertz CT molecular complexity index is 318. The Labute approximate surface area is 78.1 Å². The largest absolute Gasteiger partial charge is 0.384 e. The molecule has 1 aliphatic rings. The number of anilines is 1. The maximum Gasteiger partial charge on any atom is 0.123 e. The van der Waals surface area contributed by atoms with Gasteiger partial charge in [-0.3, -0.25) is 0 Å². The number of rotatable bonds is 2. The Balaban J connectivity index is 2.28. The molecule has 0 amide bonds. The predicted octanol–water partition coefficient (Wildman–Crippen LogP) is 1.38. The second-order valence-electron chi connectivity index (χ2n) is 3.83. The minimum absolute atomic E-state index is 0.160. The average molecular weight is 177 g/mol. The van der Waals surface area contributed by atoms with Crippen LogP contribution in [0.25, 0.3) is 0 Å². The summed E-state index contributed by atoms with van der Waals surface area (Å²) in [5, 5.41) is 0. The summed E-state index contributed by atoms with van der Waals surface area (Å²) in [6.45, 7) is 2.04. The van der Waals surface area contributed by atoms with Crippen LogP contribution in [0.4, 0.5) is 5.82 Å². The van der Waals surface area contributed by atoms with Crippen molar-refractivity contribution in [2.75, 3.05) is 5.73 Å². The molecule has 0 aliphatic heterocycles. The van der Waals surface area contributed by atoms with E-state index >= 15 is 0 Å². The third-order valence-corrected chi connectivity index (χ3v) is 2.66. The van der Waals surface area contributed by atoms with Crippen LogP contribution in [0.15, 0.2) is 12.3 Å². The molecule has 0 bridgehead atoms. The van der Waals surface area contributed by atoms with Crippen molar-refractivity contribution < 1.29 is 0 Å². The van der Waals surface area contributed by atoms with Crippen LogP contribution in [0.3, 0.4) is 0 Å². The SMILES string of the molecule is Cc1cc(N)ncc1[C@H](N)C1CC1. The molecule has 1 heterocycles. The van der Waals surface area contributed by atoms with Crippen LogP contribution in [-0.2, 0) is 0 Å². The second kappa shape index (κ2) is 3.00. The Kier molecular flexibility index (Phi) is 1.96. The minimum atomic E-state index is 0.160. The molecule has 0 aromatic carbocycles. The van der Waals surface area contributed by atoms with E-state index < -0.39 is 0 Å². The van der Waals surface area contributed by atoms with E-state index in [1.54, 1.807) is 0 Å². The fraction of sp³-hybridized carbons (Fsp3) is 0.500. The zero-order chi connectivity index (χ0) is 9.42. The van der Waals surface area contributed by atoms with Gasteiger partial charge in [0.15, 0.2) is 0 Å². The molecule has 1 aromatic rings. The first-order chi connectivity index (χ1) is 6.18. The van der Waals surface area contributed by atoms with Gasteiger partial charge in [0.05, 0.1) is 0 Å². The van der Waals surface area contributed by atoms with E-state index in [2.05, 4.69) is 4.98 Å². The van der Waals surface area contributed by atoms with Gasteiger partial charge in [0.25, 0.3) is 0 Å². The first-order valence-electron chi connectivity index (χ1n) is 4.66. The zero-order valence-electron chi connectivity index (χ0n) is 7.83. The van der Waals surface area contributed by atoms with Crippen LogP contribution in [0, 0.1) is 12.8 Å². The fourth-order valence-corrected chi connectivity index (χ4v) is 1.65. The third-order valence-electron chi connectivity index (χ3n) is 2.66. The molecule has 4 N–H and O–H groups in total. The summed E-state index contributed by atoms with van der Waals surface area (Å²) in [5.41, 5.74) is 13.9. The van der Waals surface area contributed by atoms with Gasteiger partial charge < -0.3 is 11.5 Å². The molecular weight excluding hydrogens is 162 g/mol. The summed E-state index contributed by atoms with van der Waals surface area (Å²) < 4.78 is 0. The standard InChI is InChI=1S/C10H15N3/c1-6-4-9(11)13-5-8(6)10(12)7-2-3-7/h4-5,7,10H,2-3,12H2,1H3,(H2,11,13)/t10-/m1/s1. The lowest BCUT2D eigenvalue weighted by molar-refractivity contribution is 0.627. The van der Waals surface area contributed by atoms with E-state index in [1.165, 1.54) is 12.8 Å². The Morgan fingerprint density at radius 3 is 2.77 bits per heavy atom. The van der Waals surface area contributed by atoms with E-state index in [-0.39, 0.29) is 6.04 Å². The Hall–Kier alpha value is -1.09. The monoisotopic (exact) mass is 177 g/mol. The molecule has 0 saturated heterocycles. The number of nitrogens with zero attached hydrogens (tertiary/aromatic N) is 1. The summed E-state index contributed by atoms with van der Waals surface area (Å²) >= 11 is 0. The minimum Gasteiger partial charge on any atom is -0.384 e. The zero-order valence-corrected chi connectivity index (χ0v) is 7.83. The van der Waals surface area contributed by atoms with Gasteiger partial charge in [0, 0.05) is 12.2 Å². The van der Waals surface area contributed by atoms with Gasteiger partial charge in [-0.25, -0.2) is 4.98 Å². The van der Waals surface area contributed by atoms with Crippen molar-refractivity contribution in [3.63, 3.8) is 0 Å². The van der Waals surface area contributed by atoms with Crippen molar-refractivity contribution in [3.05, 3.63) is 23.4 Å². The Morgan fingerprint density at radius 1 is 1.54 bits per heavy atom. The molecule has 13 heavy (non-hydrogen) atoms. The van der Waals surface area contributed by atoms with E-state index in [1.807, 2.05) is 19.2 Å². The normalized spacial score (nSPS) is 18.6. The van der Waals surface area contributed by atoms with Crippen molar-refractivity contribution in [2.45, 2.75) is 25.8 Å². The van der Waals surface area contributed by atoms with Crippen LogP contribution in [-0.4, -0.2) is 4.98 Å². The predicted molar refractivity (Wildman–Crippen MR) is 53.0 cm³/mol. The summed E-state index contributed by atoms with van der Waals surface area (Å²) in [4.78, 5) is 4.07. The molecule has 3 heteroatoms. The summed E-state index contributed by atoms with van der Waals surface area (Å²) in [5.74, 6) is 1.24. The number of nitrogen functional groups attached to an aromatic ring is 1. The van der Waals surface area contributed by atoms with Crippen LogP contribution in [0.5, 0.6) is 0 Å².